The maximum Gasteiger partial charge on any atom is 0.191 e. The third-order valence-corrected chi connectivity index (χ3v) is 5.46. The third-order valence-electron chi connectivity index (χ3n) is 4.41. The minimum Gasteiger partial charge on any atom is -0.467 e. The van der Waals surface area contributed by atoms with Crippen LogP contribution < -0.4 is 0 Å². The molecule has 0 unspecified atom stereocenters. The molecule has 0 radical (unpaired) electrons. The van der Waals surface area contributed by atoms with Gasteiger partial charge in [-0.1, -0.05) is 42.1 Å². The Morgan fingerprint density at radius 2 is 1.93 bits per heavy atom. The number of benzene rings is 1. The number of rotatable bonds is 9. The van der Waals surface area contributed by atoms with Gasteiger partial charge >= 0.3 is 0 Å². The molecule has 146 valence electrons. The summed E-state index contributed by atoms with van der Waals surface area (Å²) in [5.41, 5.74) is 1.66. The Bertz CT molecular complexity index is 1050. The Morgan fingerprint density at radius 3 is 2.69 bits per heavy atom. The second-order valence-corrected chi connectivity index (χ2v) is 7.52. The lowest BCUT2D eigenvalue weighted by molar-refractivity contribution is 0.0982. The zero-order chi connectivity index (χ0) is 19.9. The number of furan rings is 1. The van der Waals surface area contributed by atoms with Gasteiger partial charge < -0.3 is 4.42 Å². The Kier molecular flexibility index (Phi) is 6.16. The van der Waals surface area contributed by atoms with Crippen LogP contribution in [-0.2, 0) is 6.54 Å². The van der Waals surface area contributed by atoms with E-state index >= 15 is 0 Å². The molecule has 4 rings (SSSR count). The molecule has 0 aliphatic rings. The minimum atomic E-state index is 0.166. The van der Waals surface area contributed by atoms with Gasteiger partial charge in [-0.15, -0.1) is 10.2 Å². The molecule has 0 amide bonds. The van der Waals surface area contributed by atoms with Crippen molar-refractivity contribution in [2.45, 2.75) is 24.5 Å². The number of pyridine rings is 1. The van der Waals surface area contributed by atoms with E-state index < -0.39 is 0 Å². The van der Waals surface area contributed by atoms with Gasteiger partial charge in [-0.25, -0.2) is 0 Å². The quantitative estimate of drug-likeness (QED) is 0.228. The molecule has 0 spiro atoms. The first-order valence-electron chi connectivity index (χ1n) is 9.38. The predicted octanol–water partition coefficient (Wildman–Crippen LogP) is 4.74. The van der Waals surface area contributed by atoms with Gasteiger partial charge in [0.05, 0.1) is 12.8 Å². The number of hydrogen-bond acceptors (Lipinski definition) is 6. The molecule has 0 aliphatic carbocycles. The molecule has 0 aliphatic heterocycles. The fourth-order valence-electron chi connectivity index (χ4n) is 2.97. The van der Waals surface area contributed by atoms with Crippen molar-refractivity contribution in [2.24, 2.45) is 0 Å². The van der Waals surface area contributed by atoms with Crippen molar-refractivity contribution in [3.63, 3.8) is 0 Å². The van der Waals surface area contributed by atoms with Gasteiger partial charge in [0.15, 0.2) is 16.8 Å². The second-order valence-electron chi connectivity index (χ2n) is 6.45. The van der Waals surface area contributed by atoms with E-state index in [1.807, 2.05) is 59.2 Å². The van der Waals surface area contributed by atoms with Crippen LogP contribution in [0.4, 0.5) is 0 Å². The highest BCUT2D eigenvalue weighted by atomic mass is 32.2. The number of hydrogen-bond donors (Lipinski definition) is 0. The Hall–Kier alpha value is -3.19. The number of nitrogens with zero attached hydrogens (tertiary/aromatic N) is 4. The predicted molar refractivity (Wildman–Crippen MR) is 112 cm³/mol. The van der Waals surface area contributed by atoms with Crippen molar-refractivity contribution in [2.75, 3.05) is 5.75 Å². The average Bonchev–Trinajstić information content (AvgIpc) is 3.43. The molecule has 7 heteroatoms. The molecule has 0 bridgehead atoms. The van der Waals surface area contributed by atoms with Crippen molar-refractivity contribution in [1.82, 2.24) is 19.7 Å². The highest BCUT2D eigenvalue weighted by molar-refractivity contribution is 7.99. The van der Waals surface area contributed by atoms with Crippen LogP contribution >= 0.6 is 11.8 Å². The fourth-order valence-corrected chi connectivity index (χ4v) is 3.85. The van der Waals surface area contributed by atoms with Crippen molar-refractivity contribution in [3.05, 3.63) is 84.6 Å². The first kappa shape index (κ1) is 19.1. The van der Waals surface area contributed by atoms with Gasteiger partial charge in [-0.2, -0.15) is 0 Å². The zero-order valence-corrected chi connectivity index (χ0v) is 16.6. The maximum absolute atomic E-state index is 12.3. The molecule has 6 nitrogen and oxygen atoms in total. The van der Waals surface area contributed by atoms with Crippen molar-refractivity contribution < 1.29 is 9.21 Å². The summed E-state index contributed by atoms with van der Waals surface area (Å²) >= 11 is 1.60. The highest BCUT2D eigenvalue weighted by Gasteiger charge is 2.16. The van der Waals surface area contributed by atoms with Crippen LogP contribution in [0.15, 0.2) is 82.8 Å². The van der Waals surface area contributed by atoms with Crippen LogP contribution in [0.5, 0.6) is 0 Å². The zero-order valence-electron chi connectivity index (χ0n) is 15.8. The van der Waals surface area contributed by atoms with Crippen LogP contribution in [0.25, 0.3) is 11.4 Å². The molecule has 4 aromatic rings. The summed E-state index contributed by atoms with van der Waals surface area (Å²) in [7, 11) is 0. The van der Waals surface area contributed by atoms with Crippen LogP contribution in [-0.4, -0.2) is 31.3 Å². The Balaban J connectivity index is 1.44. The second kappa shape index (κ2) is 9.34. The number of carbonyl (C=O) groups is 1. The van der Waals surface area contributed by atoms with Crippen molar-refractivity contribution in [3.8, 4) is 11.4 Å². The van der Waals surface area contributed by atoms with E-state index in [-0.39, 0.29) is 5.78 Å². The topological polar surface area (TPSA) is 73.8 Å². The molecular formula is C22H20N4O2S. The Labute approximate surface area is 173 Å². The fraction of sp³-hybridized carbons (Fsp3) is 0.182. The normalized spacial score (nSPS) is 10.9. The van der Waals surface area contributed by atoms with E-state index in [1.54, 1.807) is 30.4 Å². The summed E-state index contributed by atoms with van der Waals surface area (Å²) in [5.74, 6) is 2.52. The lowest BCUT2D eigenvalue weighted by atomic mass is 10.1. The lowest BCUT2D eigenvalue weighted by Crippen LogP contribution is -2.04. The smallest absolute Gasteiger partial charge is 0.191 e. The molecule has 29 heavy (non-hydrogen) atoms. The van der Waals surface area contributed by atoms with E-state index in [1.165, 1.54) is 0 Å². The summed E-state index contributed by atoms with van der Waals surface area (Å²) in [4.78, 5) is 16.4. The van der Waals surface area contributed by atoms with Crippen molar-refractivity contribution in [1.29, 1.82) is 0 Å². The summed E-state index contributed by atoms with van der Waals surface area (Å²) in [6.07, 6.45) is 6.45. The van der Waals surface area contributed by atoms with Gasteiger partial charge in [0.25, 0.3) is 0 Å². The van der Waals surface area contributed by atoms with Crippen molar-refractivity contribution >= 4 is 17.5 Å². The van der Waals surface area contributed by atoms with Crippen LogP contribution in [0.1, 0.15) is 29.0 Å². The van der Waals surface area contributed by atoms with E-state index in [2.05, 4.69) is 15.2 Å². The highest BCUT2D eigenvalue weighted by Crippen LogP contribution is 2.25. The van der Waals surface area contributed by atoms with Gasteiger partial charge in [0.2, 0.25) is 0 Å². The standard InChI is InChI=1S/C22H20N4O2S/c27-20(17-7-2-1-3-8-17)11-6-14-29-22-25-24-21(18-9-4-12-23-15-18)26(22)16-19-10-5-13-28-19/h1-5,7-10,12-13,15H,6,11,14,16H2. The summed E-state index contributed by atoms with van der Waals surface area (Å²) < 4.78 is 7.54. The van der Waals surface area contributed by atoms with Gasteiger partial charge in [-0.05, 0) is 30.7 Å². The van der Waals surface area contributed by atoms with E-state index in [0.29, 0.717) is 13.0 Å². The molecule has 3 aromatic heterocycles. The van der Waals surface area contributed by atoms with E-state index in [0.717, 1.165) is 40.0 Å². The number of carbonyl (C=O) groups excluding carboxylic acids is 1. The van der Waals surface area contributed by atoms with Gasteiger partial charge in [0, 0.05) is 35.7 Å². The van der Waals surface area contributed by atoms with Gasteiger partial charge in [0.1, 0.15) is 5.76 Å². The van der Waals surface area contributed by atoms with E-state index in [9.17, 15) is 4.79 Å². The summed E-state index contributed by atoms with van der Waals surface area (Å²) in [5, 5.41) is 9.54. The molecule has 0 saturated heterocycles. The van der Waals surface area contributed by atoms with Gasteiger partial charge in [-0.3, -0.25) is 14.3 Å². The largest absolute Gasteiger partial charge is 0.467 e. The number of thioether (sulfide) groups is 1. The first-order valence-corrected chi connectivity index (χ1v) is 10.4. The van der Waals surface area contributed by atoms with Crippen LogP contribution in [0.2, 0.25) is 0 Å². The minimum absolute atomic E-state index is 0.166. The third kappa shape index (κ3) is 4.81. The van der Waals surface area contributed by atoms with E-state index in [4.69, 9.17) is 4.42 Å². The summed E-state index contributed by atoms with van der Waals surface area (Å²) in [6, 6.07) is 17.0. The average molecular weight is 404 g/mol. The first-order chi connectivity index (χ1) is 14.3. The lowest BCUT2D eigenvalue weighted by Gasteiger charge is -2.08. The molecule has 3 heterocycles. The van der Waals surface area contributed by atoms with Crippen LogP contribution in [0, 0.1) is 0 Å². The Morgan fingerprint density at radius 1 is 1.03 bits per heavy atom. The molecule has 0 N–H and O–H groups in total. The molecule has 0 saturated carbocycles. The molecule has 1 aromatic carbocycles. The summed E-state index contributed by atoms with van der Waals surface area (Å²) in [6.45, 7) is 0.537. The number of Topliss-reactive ketones (excluding diaryl/α,β-unsaturated/α-hetero) is 1. The maximum atomic E-state index is 12.3. The van der Waals surface area contributed by atoms with Crippen LogP contribution in [0.3, 0.4) is 0 Å². The SMILES string of the molecule is O=C(CCCSc1nnc(-c2cccnc2)n1Cc1ccco1)c1ccccc1. The monoisotopic (exact) mass is 404 g/mol. The number of aromatic nitrogens is 4. The number of ketones is 1. The molecular weight excluding hydrogens is 384 g/mol. The molecule has 0 atom stereocenters. The molecule has 0 fully saturated rings.